The molecule has 2 aromatic carbocycles. The van der Waals surface area contributed by atoms with Crippen molar-refractivity contribution in [3.8, 4) is 0 Å². The van der Waals surface area contributed by atoms with E-state index in [1.807, 2.05) is 12.1 Å². The summed E-state index contributed by atoms with van der Waals surface area (Å²) in [7, 11) is 0. The molecule has 0 amide bonds. The van der Waals surface area contributed by atoms with Gasteiger partial charge in [-0.2, -0.15) is 0 Å². The Morgan fingerprint density at radius 2 is 2.07 bits per heavy atom. The topological polar surface area (TPSA) is 39.8 Å². The Balaban J connectivity index is 1.66. The van der Waals surface area contributed by atoms with Crippen molar-refractivity contribution in [3.05, 3.63) is 97.9 Å². The van der Waals surface area contributed by atoms with Crippen molar-refractivity contribution in [1.29, 1.82) is 0 Å². The molecule has 4 nitrogen and oxygen atoms in total. The zero-order valence-electron chi connectivity index (χ0n) is 16.6. The summed E-state index contributed by atoms with van der Waals surface area (Å²) in [6.45, 7) is 2.40. The number of pyridine rings is 1. The van der Waals surface area contributed by atoms with Gasteiger partial charge in [0.1, 0.15) is 17.2 Å². The fourth-order valence-electron chi connectivity index (χ4n) is 4.56. The molecule has 0 saturated carbocycles. The molecule has 5 rings (SSSR count). The van der Waals surface area contributed by atoms with Gasteiger partial charge in [-0.1, -0.05) is 41.1 Å². The van der Waals surface area contributed by atoms with Gasteiger partial charge in [-0.3, -0.25) is 4.79 Å². The van der Waals surface area contributed by atoms with E-state index in [9.17, 15) is 9.18 Å². The highest BCUT2D eigenvalue weighted by atomic mass is 79.9. The molecule has 0 spiro atoms. The number of fused-ring (bicyclic) bond motifs is 2. The molecular formula is C24H21BrFN3O. The van der Waals surface area contributed by atoms with E-state index in [1.165, 1.54) is 23.3 Å². The highest BCUT2D eigenvalue weighted by Gasteiger charge is 2.28. The summed E-state index contributed by atoms with van der Waals surface area (Å²) in [5.74, 6) is 0.625. The van der Waals surface area contributed by atoms with Crippen molar-refractivity contribution < 1.29 is 4.39 Å². The minimum absolute atomic E-state index is 0.0884. The summed E-state index contributed by atoms with van der Waals surface area (Å²) in [6, 6.07) is 14.8. The lowest BCUT2D eigenvalue weighted by atomic mass is 10.1. The van der Waals surface area contributed by atoms with Gasteiger partial charge in [-0.15, -0.1) is 0 Å². The fraction of sp³-hybridized carbons (Fsp3) is 0.250. The van der Waals surface area contributed by atoms with Crippen LogP contribution in [-0.2, 0) is 19.4 Å². The molecule has 152 valence electrons. The van der Waals surface area contributed by atoms with Crippen LogP contribution in [0.2, 0.25) is 0 Å². The molecule has 0 bridgehead atoms. The van der Waals surface area contributed by atoms with Gasteiger partial charge in [0.25, 0.3) is 5.56 Å². The average Bonchev–Trinajstić information content (AvgIpc) is 3.30. The molecular weight excluding hydrogens is 445 g/mol. The average molecular weight is 466 g/mol. The molecule has 2 aromatic heterocycles. The molecule has 30 heavy (non-hydrogen) atoms. The maximum Gasteiger partial charge on any atom is 0.277 e. The first-order valence-corrected chi connectivity index (χ1v) is 11.0. The summed E-state index contributed by atoms with van der Waals surface area (Å²) < 4.78 is 18.5. The molecule has 0 N–H and O–H groups in total. The number of hydrogen-bond donors (Lipinski definition) is 0. The normalized spacial score (nSPS) is 15.6. The van der Waals surface area contributed by atoms with Crippen molar-refractivity contribution in [3.63, 3.8) is 0 Å². The van der Waals surface area contributed by atoms with E-state index in [0.717, 1.165) is 40.6 Å². The Kier molecular flexibility index (Phi) is 4.82. The predicted octanol–water partition coefficient (Wildman–Crippen LogP) is 5.25. The summed E-state index contributed by atoms with van der Waals surface area (Å²) >= 11 is 3.56. The van der Waals surface area contributed by atoms with Gasteiger partial charge >= 0.3 is 0 Å². The molecule has 6 heteroatoms. The Morgan fingerprint density at radius 3 is 2.87 bits per heavy atom. The maximum absolute atomic E-state index is 13.6. The molecule has 1 aliphatic rings. The third-order valence-electron chi connectivity index (χ3n) is 5.91. The number of benzene rings is 2. The van der Waals surface area contributed by atoms with Crippen LogP contribution in [0.4, 0.5) is 4.39 Å². The summed E-state index contributed by atoms with van der Waals surface area (Å²) in [4.78, 5) is 18.3. The van der Waals surface area contributed by atoms with Crippen LogP contribution >= 0.6 is 15.9 Å². The predicted molar refractivity (Wildman–Crippen MR) is 119 cm³/mol. The molecule has 1 atom stereocenters. The van der Waals surface area contributed by atoms with Crippen LogP contribution in [0, 0.1) is 5.82 Å². The summed E-state index contributed by atoms with van der Waals surface area (Å²) in [6.07, 6.45) is 4.43. The highest BCUT2D eigenvalue weighted by molar-refractivity contribution is 9.10. The zero-order valence-corrected chi connectivity index (χ0v) is 18.2. The number of hydrogen-bond acceptors (Lipinski definition) is 2. The minimum Gasteiger partial charge on any atom is -0.316 e. The highest BCUT2D eigenvalue weighted by Crippen LogP contribution is 2.38. The SMILES string of the molecule is CCc1nc2ccn(Cc3cccc(F)c3)c(=O)c2n1[C@H]1CCc2cc(Br)ccc21. The first kappa shape index (κ1) is 19.2. The molecule has 0 radical (unpaired) electrons. The minimum atomic E-state index is -0.298. The van der Waals surface area contributed by atoms with Crippen LogP contribution in [-0.4, -0.2) is 14.1 Å². The molecule has 0 aliphatic heterocycles. The first-order chi connectivity index (χ1) is 14.5. The molecule has 0 unspecified atom stereocenters. The Bertz CT molecular complexity index is 1320. The third-order valence-corrected chi connectivity index (χ3v) is 6.40. The van der Waals surface area contributed by atoms with E-state index >= 15 is 0 Å². The molecule has 1 aliphatic carbocycles. The molecule has 0 saturated heterocycles. The van der Waals surface area contributed by atoms with E-state index < -0.39 is 0 Å². The van der Waals surface area contributed by atoms with Gasteiger partial charge < -0.3 is 9.13 Å². The lowest BCUT2D eigenvalue weighted by molar-refractivity contribution is 0.567. The second-order valence-corrected chi connectivity index (χ2v) is 8.68. The van der Waals surface area contributed by atoms with Gasteiger partial charge in [-0.25, -0.2) is 9.37 Å². The maximum atomic E-state index is 13.6. The summed E-state index contributed by atoms with van der Waals surface area (Å²) in [5.41, 5.74) is 4.59. The van der Waals surface area contributed by atoms with E-state index in [1.54, 1.807) is 16.8 Å². The molecule has 2 heterocycles. The van der Waals surface area contributed by atoms with Gasteiger partial charge in [0.05, 0.1) is 18.1 Å². The number of aryl methyl sites for hydroxylation is 2. The Hall–Kier alpha value is -2.73. The van der Waals surface area contributed by atoms with Crippen molar-refractivity contribution in [2.75, 3.05) is 0 Å². The zero-order chi connectivity index (χ0) is 20.8. The summed E-state index contributed by atoms with van der Waals surface area (Å²) in [5, 5.41) is 0. The number of halogens is 2. The molecule has 4 aromatic rings. The van der Waals surface area contributed by atoms with E-state index in [-0.39, 0.29) is 17.4 Å². The second kappa shape index (κ2) is 7.51. The Morgan fingerprint density at radius 1 is 1.20 bits per heavy atom. The Labute approximate surface area is 182 Å². The van der Waals surface area contributed by atoms with E-state index in [0.29, 0.717) is 12.1 Å². The van der Waals surface area contributed by atoms with Crippen molar-refractivity contribution in [2.45, 2.75) is 38.8 Å². The fourth-order valence-corrected chi connectivity index (χ4v) is 4.97. The van der Waals surface area contributed by atoms with Gasteiger partial charge in [0.2, 0.25) is 0 Å². The number of aromatic nitrogens is 3. The quantitative estimate of drug-likeness (QED) is 0.413. The lowest BCUT2D eigenvalue weighted by Gasteiger charge is -2.18. The van der Waals surface area contributed by atoms with Gasteiger partial charge in [-0.05, 0) is 59.9 Å². The number of rotatable bonds is 4. The smallest absolute Gasteiger partial charge is 0.277 e. The third kappa shape index (κ3) is 3.19. The van der Waals surface area contributed by atoms with Crippen LogP contribution in [0.15, 0.2) is 64.0 Å². The number of imidazole rings is 1. The largest absolute Gasteiger partial charge is 0.316 e. The van der Waals surface area contributed by atoms with E-state index in [4.69, 9.17) is 4.98 Å². The van der Waals surface area contributed by atoms with E-state index in [2.05, 4.69) is 45.6 Å². The van der Waals surface area contributed by atoms with Gasteiger partial charge in [0, 0.05) is 17.1 Å². The van der Waals surface area contributed by atoms with Crippen LogP contribution < -0.4 is 5.56 Å². The molecule has 0 fully saturated rings. The van der Waals surface area contributed by atoms with Crippen molar-refractivity contribution >= 4 is 27.0 Å². The van der Waals surface area contributed by atoms with Crippen LogP contribution in [0.3, 0.4) is 0 Å². The van der Waals surface area contributed by atoms with Gasteiger partial charge in [0.15, 0.2) is 0 Å². The van der Waals surface area contributed by atoms with Crippen molar-refractivity contribution in [2.24, 2.45) is 0 Å². The second-order valence-electron chi connectivity index (χ2n) is 7.76. The standard InChI is InChI=1S/C24H21BrFN3O/c1-2-22-27-20-10-11-28(14-15-4-3-5-18(26)12-15)24(30)23(20)29(22)21-9-6-16-13-17(25)7-8-19(16)21/h3-5,7-8,10-13,21H,2,6,9,14H2,1H3/t21-/m0/s1. The first-order valence-electron chi connectivity index (χ1n) is 10.2. The lowest BCUT2D eigenvalue weighted by Crippen LogP contribution is -2.24. The monoisotopic (exact) mass is 465 g/mol. The van der Waals surface area contributed by atoms with Crippen LogP contribution in [0.1, 0.15) is 41.9 Å². The van der Waals surface area contributed by atoms with Crippen LogP contribution in [0.25, 0.3) is 11.0 Å². The van der Waals surface area contributed by atoms with Crippen LogP contribution in [0.5, 0.6) is 0 Å². The van der Waals surface area contributed by atoms with Crippen molar-refractivity contribution in [1.82, 2.24) is 14.1 Å². The number of nitrogens with zero attached hydrogens (tertiary/aromatic N) is 3.